The summed E-state index contributed by atoms with van der Waals surface area (Å²) in [4.78, 5) is 18.7. The van der Waals surface area contributed by atoms with Crippen molar-refractivity contribution in [2.75, 3.05) is 7.05 Å². The van der Waals surface area contributed by atoms with Crippen molar-refractivity contribution in [3.8, 4) is 6.07 Å². The number of benzene rings is 2. The number of carbonyl (C=O) groups is 1. The van der Waals surface area contributed by atoms with Crippen molar-refractivity contribution in [3.63, 3.8) is 0 Å². The predicted molar refractivity (Wildman–Crippen MR) is 93.7 cm³/mol. The number of carbonyl (C=O) groups excluding carboxylic acids is 1. The highest BCUT2D eigenvalue weighted by molar-refractivity contribution is 6.32. The SMILES string of the molecule is CN(Cc1ccc(C#N)cc1)C(=O)c1cc(Cl)cc2cccnc12. The molecular formula is C19H14ClN3O. The minimum Gasteiger partial charge on any atom is -0.337 e. The molecule has 4 nitrogen and oxygen atoms in total. The first-order valence-corrected chi connectivity index (χ1v) is 7.75. The lowest BCUT2D eigenvalue weighted by atomic mass is 10.1. The third-order valence-electron chi connectivity index (χ3n) is 3.75. The van der Waals surface area contributed by atoms with E-state index < -0.39 is 0 Å². The lowest BCUT2D eigenvalue weighted by Gasteiger charge is -2.18. The summed E-state index contributed by atoms with van der Waals surface area (Å²) in [7, 11) is 1.73. The van der Waals surface area contributed by atoms with E-state index in [1.165, 1.54) is 0 Å². The Morgan fingerprint density at radius 2 is 2.00 bits per heavy atom. The van der Waals surface area contributed by atoms with E-state index in [9.17, 15) is 4.79 Å². The van der Waals surface area contributed by atoms with Gasteiger partial charge in [0.2, 0.25) is 0 Å². The molecule has 3 aromatic rings. The van der Waals surface area contributed by atoms with E-state index in [0.717, 1.165) is 10.9 Å². The topological polar surface area (TPSA) is 57.0 Å². The molecule has 0 aliphatic carbocycles. The average Bonchev–Trinajstić information content (AvgIpc) is 2.61. The Morgan fingerprint density at radius 3 is 2.71 bits per heavy atom. The average molecular weight is 336 g/mol. The van der Waals surface area contributed by atoms with Crippen LogP contribution < -0.4 is 0 Å². The Labute approximate surface area is 144 Å². The summed E-state index contributed by atoms with van der Waals surface area (Å²) in [5.74, 6) is -0.148. The van der Waals surface area contributed by atoms with Crippen LogP contribution in [-0.4, -0.2) is 22.8 Å². The molecular weight excluding hydrogens is 322 g/mol. The second kappa shape index (κ2) is 6.69. The molecule has 2 aromatic carbocycles. The summed E-state index contributed by atoms with van der Waals surface area (Å²) in [5.41, 5.74) is 2.66. The number of halogens is 1. The molecule has 5 heteroatoms. The van der Waals surface area contributed by atoms with Gasteiger partial charge >= 0.3 is 0 Å². The molecule has 118 valence electrons. The van der Waals surface area contributed by atoms with Crippen molar-refractivity contribution in [2.45, 2.75) is 6.54 Å². The largest absolute Gasteiger partial charge is 0.337 e. The highest BCUT2D eigenvalue weighted by Crippen LogP contribution is 2.23. The maximum atomic E-state index is 12.8. The van der Waals surface area contributed by atoms with E-state index in [2.05, 4.69) is 11.1 Å². The first kappa shape index (κ1) is 16.0. The van der Waals surface area contributed by atoms with Gasteiger partial charge in [-0.15, -0.1) is 0 Å². The van der Waals surface area contributed by atoms with E-state index in [-0.39, 0.29) is 5.91 Å². The molecule has 0 unspecified atom stereocenters. The van der Waals surface area contributed by atoms with Crippen LogP contribution in [0.4, 0.5) is 0 Å². The monoisotopic (exact) mass is 335 g/mol. The zero-order valence-corrected chi connectivity index (χ0v) is 13.8. The van der Waals surface area contributed by atoms with Crippen molar-refractivity contribution in [3.05, 3.63) is 76.4 Å². The number of hydrogen-bond donors (Lipinski definition) is 0. The fourth-order valence-corrected chi connectivity index (χ4v) is 2.78. The van der Waals surface area contributed by atoms with Crippen LogP contribution in [0.1, 0.15) is 21.5 Å². The van der Waals surface area contributed by atoms with E-state index in [0.29, 0.717) is 28.2 Å². The van der Waals surface area contributed by atoms with Crippen LogP contribution in [0.15, 0.2) is 54.7 Å². The quantitative estimate of drug-likeness (QED) is 0.726. The molecule has 0 radical (unpaired) electrons. The standard InChI is InChI=1S/C19H14ClN3O/c1-23(12-14-6-4-13(11-21)5-7-14)19(24)17-10-16(20)9-15-3-2-8-22-18(15)17/h2-10H,12H2,1H3. The summed E-state index contributed by atoms with van der Waals surface area (Å²) in [6.07, 6.45) is 1.66. The van der Waals surface area contributed by atoms with Gasteiger partial charge in [0.25, 0.3) is 5.91 Å². The maximum Gasteiger partial charge on any atom is 0.256 e. The van der Waals surface area contributed by atoms with Crippen LogP contribution in [0.5, 0.6) is 0 Å². The van der Waals surface area contributed by atoms with Crippen molar-refractivity contribution in [2.24, 2.45) is 0 Å². The predicted octanol–water partition coefficient (Wildman–Crippen LogP) is 4.03. The van der Waals surface area contributed by atoms with Gasteiger partial charge in [-0.25, -0.2) is 0 Å². The molecule has 0 atom stereocenters. The van der Waals surface area contributed by atoms with E-state index in [1.807, 2.05) is 24.3 Å². The summed E-state index contributed by atoms with van der Waals surface area (Å²) in [6, 6.07) is 16.4. The normalized spacial score (nSPS) is 10.4. The summed E-state index contributed by atoms with van der Waals surface area (Å²) < 4.78 is 0. The molecule has 0 saturated heterocycles. The Hall–Kier alpha value is -2.90. The summed E-state index contributed by atoms with van der Waals surface area (Å²) in [5, 5.41) is 10.2. The zero-order valence-electron chi connectivity index (χ0n) is 13.0. The first-order chi connectivity index (χ1) is 11.6. The molecule has 3 rings (SSSR count). The fourth-order valence-electron chi connectivity index (χ4n) is 2.55. The summed E-state index contributed by atoms with van der Waals surface area (Å²) in [6.45, 7) is 0.436. The smallest absolute Gasteiger partial charge is 0.256 e. The molecule has 24 heavy (non-hydrogen) atoms. The van der Waals surface area contributed by atoms with Gasteiger partial charge in [0, 0.05) is 30.2 Å². The molecule has 1 aromatic heterocycles. The number of pyridine rings is 1. The van der Waals surface area contributed by atoms with Crippen molar-refractivity contribution < 1.29 is 4.79 Å². The number of fused-ring (bicyclic) bond motifs is 1. The Balaban J connectivity index is 1.89. The van der Waals surface area contributed by atoms with Crippen LogP contribution in [0, 0.1) is 11.3 Å². The molecule has 1 amide bonds. The minimum absolute atomic E-state index is 0.148. The molecule has 0 fully saturated rings. The van der Waals surface area contributed by atoms with Gasteiger partial charge in [0.1, 0.15) is 0 Å². The van der Waals surface area contributed by atoms with Crippen LogP contribution in [0.25, 0.3) is 10.9 Å². The first-order valence-electron chi connectivity index (χ1n) is 7.37. The Kier molecular flexibility index (Phi) is 4.45. The van der Waals surface area contributed by atoms with Crippen LogP contribution in [-0.2, 0) is 6.54 Å². The van der Waals surface area contributed by atoms with Gasteiger partial charge < -0.3 is 4.90 Å². The number of hydrogen-bond acceptors (Lipinski definition) is 3. The molecule has 0 aliphatic heterocycles. The maximum absolute atomic E-state index is 12.8. The molecule has 0 spiro atoms. The van der Waals surface area contributed by atoms with Gasteiger partial charge in [0.05, 0.1) is 22.7 Å². The Bertz CT molecular complexity index is 945. The van der Waals surface area contributed by atoms with Crippen LogP contribution >= 0.6 is 11.6 Å². The number of nitrogens with zero attached hydrogens (tertiary/aromatic N) is 3. The number of aromatic nitrogens is 1. The van der Waals surface area contributed by atoms with Crippen molar-refractivity contribution >= 4 is 28.4 Å². The third-order valence-corrected chi connectivity index (χ3v) is 3.97. The number of nitriles is 1. The highest BCUT2D eigenvalue weighted by Gasteiger charge is 2.17. The second-order valence-corrected chi connectivity index (χ2v) is 5.93. The molecule has 0 aliphatic rings. The third kappa shape index (κ3) is 3.22. The van der Waals surface area contributed by atoms with Crippen LogP contribution in [0.3, 0.4) is 0 Å². The van der Waals surface area contributed by atoms with Gasteiger partial charge in [-0.2, -0.15) is 5.26 Å². The van der Waals surface area contributed by atoms with Crippen molar-refractivity contribution in [1.29, 1.82) is 5.26 Å². The van der Waals surface area contributed by atoms with Gasteiger partial charge in [-0.3, -0.25) is 9.78 Å². The van der Waals surface area contributed by atoms with E-state index in [4.69, 9.17) is 16.9 Å². The van der Waals surface area contributed by atoms with E-state index in [1.54, 1.807) is 42.4 Å². The van der Waals surface area contributed by atoms with Gasteiger partial charge in [-0.1, -0.05) is 29.8 Å². The number of rotatable bonds is 3. The lowest BCUT2D eigenvalue weighted by Crippen LogP contribution is -2.26. The molecule has 0 saturated carbocycles. The van der Waals surface area contributed by atoms with Crippen molar-refractivity contribution in [1.82, 2.24) is 9.88 Å². The molecule has 1 heterocycles. The molecule has 0 bridgehead atoms. The van der Waals surface area contributed by atoms with Gasteiger partial charge in [0.15, 0.2) is 0 Å². The lowest BCUT2D eigenvalue weighted by molar-refractivity contribution is 0.0787. The number of amides is 1. The summed E-state index contributed by atoms with van der Waals surface area (Å²) >= 11 is 6.14. The van der Waals surface area contributed by atoms with Gasteiger partial charge in [-0.05, 0) is 35.9 Å². The molecule has 0 N–H and O–H groups in total. The Morgan fingerprint density at radius 1 is 1.25 bits per heavy atom. The highest BCUT2D eigenvalue weighted by atomic mass is 35.5. The van der Waals surface area contributed by atoms with E-state index >= 15 is 0 Å². The fraction of sp³-hybridized carbons (Fsp3) is 0.105. The second-order valence-electron chi connectivity index (χ2n) is 5.50. The van der Waals surface area contributed by atoms with Crippen LogP contribution in [0.2, 0.25) is 5.02 Å². The minimum atomic E-state index is -0.148. The zero-order chi connectivity index (χ0) is 17.1.